The minimum atomic E-state index is -3.87. The van der Waals surface area contributed by atoms with Crippen molar-refractivity contribution >= 4 is 38.9 Å². The van der Waals surface area contributed by atoms with Crippen LogP contribution >= 0.6 is 23.2 Å². The summed E-state index contributed by atoms with van der Waals surface area (Å²) in [6.45, 7) is 0. The summed E-state index contributed by atoms with van der Waals surface area (Å²) in [6.07, 6.45) is 0. The second-order valence-electron chi connectivity index (χ2n) is 3.92. The number of primary sulfonamides is 1. The molecule has 0 saturated carbocycles. The van der Waals surface area contributed by atoms with Gasteiger partial charge in [-0.2, -0.15) is 0 Å². The third-order valence-electron chi connectivity index (χ3n) is 2.41. The number of ether oxygens (including phenoxy) is 1. The molecule has 5 nitrogen and oxygen atoms in total. The van der Waals surface area contributed by atoms with E-state index in [9.17, 15) is 8.42 Å². The number of hydrogen-bond donors (Lipinski definition) is 2. The first-order chi connectivity index (χ1) is 9.27. The molecule has 0 heterocycles. The molecule has 0 aliphatic rings. The van der Waals surface area contributed by atoms with Crippen molar-refractivity contribution in [3.8, 4) is 11.5 Å². The van der Waals surface area contributed by atoms with Crippen LogP contribution in [0.1, 0.15) is 0 Å². The molecule has 0 atom stereocenters. The predicted octanol–water partition coefficient (Wildman–Crippen LogP) is 3.02. The van der Waals surface area contributed by atoms with Crippen LogP contribution in [0.15, 0.2) is 41.3 Å². The Morgan fingerprint density at radius 3 is 2.35 bits per heavy atom. The van der Waals surface area contributed by atoms with Crippen LogP contribution in [0.2, 0.25) is 10.0 Å². The van der Waals surface area contributed by atoms with Crippen molar-refractivity contribution < 1.29 is 13.2 Å². The minimum Gasteiger partial charge on any atom is -0.456 e. The molecule has 0 amide bonds. The Morgan fingerprint density at radius 1 is 1.05 bits per heavy atom. The van der Waals surface area contributed by atoms with Crippen LogP contribution in [0.4, 0.5) is 5.69 Å². The molecule has 2 aromatic rings. The van der Waals surface area contributed by atoms with E-state index in [2.05, 4.69) is 0 Å². The van der Waals surface area contributed by atoms with Crippen molar-refractivity contribution in [1.82, 2.24) is 0 Å². The van der Waals surface area contributed by atoms with Crippen molar-refractivity contribution in [2.45, 2.75) is 4.90 Å². The Morgan fingerprint density at radius 2 is 1.75 bits per heavy atom. The Bertz CT molecular complexity index is 763. The van der Waals surface area contributed by atoms with E-state index in [0.717, 1.165) is 0 Å². The van der Waals surface area contributed by atoms with E-state index in [-0.39, 0.29) is 10.6 Å². The fraction of sp³-hybridized carbons (Fsp3) is 0. The SMILES string of the molecule is Nc1cc(Oc2cc(Cl)ccc2Cl)ccc1S(N)(=O)=O. The molecule has 0 fully saturated rings. The topological polar surface area (TPSA) is 95.4 Å². The zero-order valence-electron chi connectivity index (χ0n) is 10.0. The van der Waals surface area contributed by atoms with Crippen LogP contribution in [-0.2, 0) is 10.0 Å². The number of anilines is 1. The lowest BCUT2D eigenvalue weighted by molar-refractivity contribution is 0.483. The number of halogens is 2. The van der Waals surface area contributed by atoms with E-state index in [4.69, 9.17) is 38.8 Å². The number of nitrogens with two attached hydrogens (primary N) is 2. The van der Waals surface area contributed by atoms with Gasteiger partial charge >= 0.3 is 0 Å². The van der Waals surface area contributed by atoms with E-state index in [1.807, 2.05) is 0 Å². The molecular weight excluding hydrogens is 323 g/mol. The fourth-order valence-electron chi connectivity index (χ4n) is 1.53. The van der Waals surface area contributed by atoms with Gasteiger partial charge in [0.25, 0.3) is 0 Å². The summed E-state index contributed by atoms with van der Waals surface area (Å²) in [4.78, 5) is -0.165. The van der Waals surface area contributed by atoms with Gasteiger partial charge in [0.1, 0.15) is 16.4 Å². The van der Waals surface area contributed by atoms with E-state index < -0.39 is 10.0 Å². The first kappa shape index (κ1) is 14.9. The largest absolute Gasteiger partial charge is 0.456 e. The highest BCUT2D eigenvalue weighted by Gasteiger charge is 2.13. The maximum Gasteiger partial charge on any atom is 0.240 e. The maximum atomic E-state index is 11.2. The van der Waals surface area contributed by atoms with Gasteiger partial charge in [0, 0.05) is 17.2 Å². The number of hydrogen-bond acceptors (Lipinski definition) is 4. The van der Waals surface area contributed by atoms with E-state index >= 15 is 0 Å². The number of benzene rings is 2. The molecule has 0 aliphatic carbocycles. The molecule has 0 saturated heterocycles. The molecule has 8 heteroatoms. The smallest absolute Gasteiger partial charge is 0.240 e. The van der Waals surface area contributed by atoms with Crippen LogP contribution < -0.4 is 15.6 Å². The summed E-state index contributed by atoms with van der Waals surface area (Å²) in [5.74, 6) is 0.654. The molecule has 2 rings (SSSR count). The van der Waals surface area contributed by atoms with Crippen molar-refractivity contribution in [2.24, 2.45) is 5.14 Å². The van der Waals surface area contributed by atoms with E-state index in [1.54, 1.807) is 12.1 Å². The van der Waals surface area contributed by atoms with Crippen molar-refractivity contribution in [2.75, 3.05) is 5.73 Å². The quantitative estimate of drug-likeness (QED) is 0.844. The second kappa shape index (κ2) is 5.49. The molecular formula is C12H10Cl2N2O3S. The average molecular weight is 333 g/mol. The predicted molar refractivity (Wildman–Crippen MR) is 78.8 cm³/mol. The van der Waals surface area contributed by atoms with Gasteiger partial charge in [0.05, 0.1) is 10.7 Å². The Labute approximate surface area is 126 Å². The molecule has 0 aromatic heterocycles. The average Bonchev–Trinajstić information content (AvgIpc) is 2.32. The van der Waals surface area contributed by atoms with E-state index in [0.29, 0.717) is 21.5 Å². The summed E-state index contributed by atoms with van der Waals surface area (Å²) in [7, 11) is -3.87. The van der Waals surface area contributed by atoms with Crippen molar-refractivity contribution in [3.63, 3.8) is 0 Å². The van der Waals surface area contributed by atoms with Crippen molar-refractivity contribution in [1.29, 1.82) is 0 Å². The molecule has 0 bridgehead atoms. The van der Waals surface area contributed by atoms with Gasteiger partial charge in [-0.15, -0.1) is 0 Å². The molecule has 2 aromatic carbocycles. The minimum absolute atomic E-state index is 0.0110. The lowest BCUT2D eigenvalue weighted by Crippen LogP contribution is -2.14. The zero-order valence-corrected chi connectivity index (χ0v) is 12.3. The molecule has 0 unspecified atom stereocenters. The van der Waals surface area contributed by atoms with Crippen LogP contribution in [0.3, 0.4) is 0 Å². The molecule has 4 N–H and O–H groups in total. The van der Waals surface area contributed by atoms with Gasteiger partial charge in [-0.3, -0.25) is 0 Å². The van der Waals surface area contributed by atoms with Gasteiger partial charge < -0.3 is 10.5 Å². The first-order valence-electron chi connectivity index (χ1n) is 5.32. The first-order valence-corrected chi connectivity index (χ1v) is 7.63. The van der Waals surface area contributed by atoms with Crippen LogP contribution in [0.5, 0.6) is 11.5 Å². The normalized spacial score (nSPS) is 11.3. The highest BCUT2D eigenvalue weighted by atomic mass is 35.5. The van der Waals surface area contributed by atoms with Crippen LogP contribution in [-0.4, -0.2) is 8.42 Å². The van der Waals surface area contributed by atoms with Gasteiger partial charge in [-0.25, -0.2) is 13.6 Å². The summed E-state index contributed by atoms with van der Waals surface area (Å²) in [6, 6.07) is 8.77. The molecule has 0 aliphatic heterocycles. The second-order valence-corrected chi connectivity index (χ2v) is 6.29. The Balaban J connectivity index is 2.36. The van der Waals surface area contributed by atoms with Gasteiger partial charge in [-0.05, 0) is 24.3 Å². The summed E-state index contributed by atoms with van der Waals surface area (Å²) < 4.78 is 28.0. The van der Waals surface area contributed by atoms with Gasteiger partial charge in [-0.1, -0.05) is 23.2 Å². The van der Waals surface area contributed by atoms with Crippen LogP contribution in [0.25, 0.3) is 0 Å². The molecule has 0 spiro atoms. The Kier molecular flexibility index (Phi) is 4.10. The monoisotopic (exact) mass is 332 g/mol. The molecule has 20 heavy (non-hydrogen) atoms. The van der Waals surface area contributed by atoms with E-state index in [1.165, 1.54) is 24.3 Å². The zero-order chi connectivity index (χ0) is 14.9. The van der Waals surface area contributed by atoms with Crippen molar-refractivity contribution in [3.05, 3.63) is 46.4 Å². The standard InChI is InChI=1S/C12H10Cl2N2O3S/c13-7-1-3-9(14)11(5-7)19-8-2-4-12(10(15)6-8)20(16,17)18/h1-6H,15H2,(H2,16,17,18). The highest BCUT2D eigenvalue weighted by molar-refractivity contribution is 7.89. The number of nitrogen functional groups attached to an aromatic ring is 1. The van der Waals surface area contributed by atoms with Gasteiger partial charge in [0.15, 0.2) is 0 Å². The Hall–Kier alpha value is -1.47. The van der Waals surface area contributed by atoms with Gasteiger partial charge in [0.2, 0.25) is 10.0 Å². The molecule has 106 valence electrons. The summed E-state index contributed by atoms with van der Waals surface area (Å²) >= 11 is 11.8. The lowest BCUT2D eigenvalue weighted by Gasteiger charge is -2.10. The summed E-state index contributed by atoms with van der Waals surface area (Å²) in [5, 5.41) is 5.84. The third kappa shape index (κ3) is 3.34. The summed E-state index contributed by atoms with van der Waals surface area (Å²) in [5.41, 5.74) is 5.62. The number of rotatable bonds is 3. The highest BCUT2D eigenvalue weighted by Crippen LogP contribution is 2.33. The van der Waals surface area contributed by atoms with Crippen LogP contribution in [0, 0.1) is 0 Å². The molecule has 0 radical (unpaired) electrons. The fourth-order valence-corrected chi connectivity index (χ4v) is 2.49. The lowest BCUT2D eigenvalue weighted by atomic mass is 10.3. The maximum absolute atomic E-state index is 11.2. The number of sulfonamides is 1. The third-order valence-corrected chi connectivity index (χ3v) is 3.94.